The monoisotopic (exact) mass is 317 g/mol. The Hall–Kier alpha value is -2.86. The van der Waals surface area contributed by atoms with Crippen molar-refractivity contribution < 1.29 is 24.9 Å². The Bertz CT molecular complexity index is 674. The average Bonchev–Trinajstić information content (AvgIpc) is 2.53. The van der Waals surface area contributed by atoms with Gasteiger partial charge in [-0.25, -0.2) is 9.59 Å². The van der Waals surface area contributed by atoms with Crippen LogP contribution in [0, 0.1) is 0 Å². The number of hydrogen-bond donors (Lipinski definition) is 4. The van der Waals surface area contributed by atoms with Crippen molar-refractivity contribution in [1.82, 2.24) is 0 Å². The van der Waals surface area contributed by atoms with Gasteiger partial charge in [-0.15, -0.1) is 0 Å². The summed E-state index contributed by atoms with van der Waals surface area (Å²) in [5.41, 5.74) is 1.18. The lowest BCUT2D eigenvalue weighted by molar-refractivity contribution is 0.0652. The van der Waals surface area contributed by atoms with Crippen LogP contribution < -0.4 is 5.32 Å². The molecule has 0 aromatic heterocycles. The maximum absolute atomic E-state index is 11.3. The quantitative estimate of drug-likeness (QED) is 0.549. The van der Waals surface area contributed by atoms with Crippen molar-refractivity contribution in [2.45, 2.75) is 6.92 Å². The molecule has 0 spiro atoms. The van der Waals surface area contributed by atoms with Gasteiger partial charge in [-0.1, -0.05) is 30.9 Å². The van der Waals surface area contributed by atoms with Gasteiger partial charge >= 0.3 is 11.9 Å². The van der Waals surface area contributed by atoms with Crippen LogP contribution in [0.4, 0.5) is 5.69 Å². The maximum Gasteiger partial charge on any atom is 0.338 e. The van der Waals surface area contributed by atoms with E-state index in [1.165, 1.54) is 18.2 Å². The van der Waals surface area contributed by atoms with Gasteiger partial charge in [0.15, 0.2) is 0 Å². The fourth-order valence-corrected chi connectivity index (χ4v) is 1.81. The number of carbonyl (C=O) groups is 2. The molecule has 1 aromatic carbocycles. The smallest absolute Gasteiger partial charge is 0.338 e. The molecule has 0 fully saturated rings. The summed E-state index contributed by atoms with van der Waals surface area (Å²) < 4.78 is 0. The van der Waals surface area contributed by atoms with Crippen LogP contribution in [-0.4, -0.2) is 40.4 Å². The number of aromatic carboxylic acids is 2. The van der Waals surface area contributed by atoms with Crippen molar-refractivity contribution in [3.63, 3.8) is 0 Å². The fraction of sp³-hybridized carbons (Fsp3) is 0.176. The summed E-state index contributed by atoms with van der Waals surface area (Å²) in [4.78, 5) is 22.5. The van der Waals surface area contributed by atoms with E-state index < -0.39 is 11.9 Å². The number of carboxylic acid groups (broad SMARTS) is 2. The largest absolute Gasteiger partial charge is 0.478 e. The predicted molar refractivity (Wildman–Crippen MR) is 88.0 cm³/mol. The number of allylic oxidation sites excluding steroid dienone is 2. The summed E-state index contributed by atoms with van der Waals surface area (Å²) in [5.74, 6) is -2.61. The lowest BCUT2D eigenvalue weighted by Crippen LogP contribution is -2.13. The second-order valence-corrected chi connectivity index (χ2v) is 4.81. The van der Waals surface area contributed by atoms with E-state index >= 15 is 0 Å². The molecular weight excluding hydrogens is 298 g/mol. The van der Waals surface area contributed by atoms with Gasteiger partial charge in [0.2, 0.25) is 0 Å². The van der Waals surface area contributed by atoms with Gasteiger partial charge in [0.25, 0.3) is 0 Å². The number of anilines is 1. The van der Waals surface area contributed by atoms with E-state index in [4.69, 9.17) is 10.2 Å². The molecule has 0 radical (unpaired) electrons. The molecule has 6 nitrogen and oxygen atoms in total. The summed E-state index contributed by atoms with van der Waals surface area (Å²) in [6, 6.07) is 4.23. The molecule has 0 saturated heterocycles. The number of hydrogen-bond acceptors (Lipinski definition) is 4. The minimum Gasteiger partial charge on any atom is -0.478 e. The van der Waals surface area contributed by atoms with E-state index in [1.54, 1.807) is 25.2 Å². The highest BCUT2D eigenvalue weighted by Gasteiger charge is 2.19. The van der Waals surface area contributed by atoms with Gasteiger partial charge in [-0.2, -0.15) is 0 Å². The van der Waals surface area contributed by atoms with Gasteiger partial charge < -0.3 is 20.6 Å². The van der Waals surface area contributed by atoms with E-state index in [0.29, 0.717) is 0 Å². The molecule has 4 N–H and O–H groups in total. The molecule has 1 aromatic rings. The number of aliphatic hydroxyl groups excluding tert-OH is 1. The third kappa shape index (κ3) is 5.12. The molecule has 0 bridgehead atoms. The third-order valence-corrected chi connectivity index (χ3v) is 3.09. The first-order valence-corrected chi connectivity index (χ1v) is 6.83. The highest BCUT2D eigenvalue weighted by atomic mass is 16.4. The maximum atomic E-state index is 11.3. The summed E-state index contributed by atoms with van der Waals surface area (Å²) in [6.45, 7) is 5.65. The molecule has 122 valence electrons. The second kappa shape index (κ2) is 8.55. The minimum absolute atomic E-state index is 0.0574. The Morgan fingerprint density at radius 1 is 1.22 bits per heavy atom. The number of carboxylic acids is 2. The highest BCUT2D eigenvalue weighted by molar-refractivity contribution is 6.05. The molecule has 0 heterocycles. The van der Waals surface area contributed by atoms with Crippen LogP contribution in [0.3, 0.4) is 0 Å². The fourth-order valence-electron chi connectivity index (χ4n) is 1.81. The number of aliphatic hydroxyl groups is 1. The van der Waals surface area contributed by atoms with E-state index in [1.807, 2.05) is 0 Å². The molecule has 0 aliphatic heterocycles. The molecular formula is C17H19NO5. The zero-order chi connectivity index (χ0) is 17.4. The normalized spacial score (nSPS) is 11.9. The number of benzene rings is 1. The van der Waals surface area contributed by atoms with Gasteiger partial charge in [-0.05, 0) is 30.2 Å². The van der Waals surface area contributed by atoms with Crippen molar-refractivity contribution in [2.75, 3.05) is 18.5 Å². The van der Waals surface area contributed by atoms with E-state index in [0.717, 1.165) is 11.1 Å². The molecule has 0 saturated carbocycles. The van der Waals surface area contributed by atoms with E-state index in [9.17, 15) is 14.7 Å². The Morgan fingerprint density at radius 2 is 1.91 bits per heavy atom. The Morgan fingerprint density at radius 3 is 2.43 bits per heavy atom. The summed E-state index contributed by atoms with van der Waals surface area (Å²) in [7, 11) is 0. The van der Waals surface area contributed by atoms with Crippen molar-refractivity contribution in [2.24, 2.45) is 0 Å². The van der Waals surface area contributed by atoms with Crippen LogP contribution >= 0.6 is 0 Å². The van der Waals surface area contributed by atoms with Gasteiger partial charge in [-0.3, -0.25) is 0 Å². The first-order chi connectivity index (χ1) is 10.9. The molecule has 0 aliphatic carbocycles. The van der Waals surface area contributed by atoms with Crippen LogP contribution in [0.25, 0.3) is 0 Å². The zero-order valence-electron chi connectivity index (χ0n) is 12.7. The molecule has 0 aliphatic rings. The SMILES string of the molecule is C=C/C(=C\C=C(/C)CO)CNc1cccc(C(=O)O)c1C(=O)O. The topological polar surface area (TPSA) is 107 Å². The minimum atomic E-state index is -1.31. The second-order valence-electron chi connectivity index (χ2n) is 4.81. The highest BCUT2D eigenvalue weighted by Crippen LogP contribution is 2.21. The van der Waals surface area contributed by atoms with Crippen molar-refractivity contribution in [3.05, 3.63) is 65.3 Å². The molecule has 1 rings (SSSR count). The first kappa shape index (κ1) is 18.2. The third-order valence-electron chi connectivity index (χ3n) is 3.09. The predicted octanol–water partition coefficient (Wildman–Crippen LogP) is 2.55. The molecule has 0 unspecified atom stereocenters. The Balaban J connectivity index is 3.05. The summed E-state index contributed by atoms with van der Waals surface area (Å²) >= 11 is 0. The summed E-state index contributed by atoms with van der Waals surface area (Å²) in [5, 5.41) is 30.2. The molecule has 0 atom stereocenters. The van der Waals surface area contributed by atoms with Gasteiger partial charge in [0.05, 0.1) is 17.7 Å². The summed E-state index contributed by atoms with van der Waals surface area (Å²) in [6.07, 6.45) is 5.06. The van der Waals surface area contributed by atoms with E-state index in [-0.39, 0.29) is 30.0 Å². The first-order valence-electron chi connectivity index (χ1n) is 6.83. The lowest BCUT2D eigenvalue weighted by atomic mass is 10.0. The molecule has 6 heteroatoms. The molecule has 0 amide bonds. The van der Waals surface area contributed by atoms with Crippen LogP contribution in [0.1, 0.15) is 27.6 Å². The lowest BCUT2D eigenvalue weighted by Gasteiger charge is -2.12. The number of rotatable bonds is 8. The van der Waals surface area contributed by atoms with Gasteiger partial charge in [0.1, 0.15) is 0 Å². The number of nitrogens with one attached hydrogen (secondary N) is 1. The van der Waals surface area contributed by atoms with Crippen LogP contribution in [0.15, 0.2) is 54.2 Å². The average molecular weight is 317 g/mol. The standard InChI is InChI=1S/C17H19NO5/c1-3-12(8-7-11(2)10-19)9-18-14-6-4-5-13(16(20)21)15(14)17(22)23/h3-8,18-19H,1,9-10H2,2H3,(H,20,21)(H,22,23)/b11-7+,12-8+. The Kier molecular flexibility index (Phi) is 6.76. The van der Waals surface area contributed by atoms with Gasteiger partial charge in [0, 0.05) is 12.2 Å². The van der Waals surface area contributed by atoms with Crippen molar-refractivity contribution in [3.8, 4) is 0 Å². The van der Waals surface area contributed by atoms with E-state index in [2.05, 4.69) is 11.9 Å². The van der Waals surface area contributed by atoms with Crippen molar-refractivity contribution in [1.29, 1.82) is 0 Å². The zero-order valence-corrected chi connectivity index (χ0v) is 12.7. The Labute approximate surface area is 134 Å². The van der Waals surface area contributed by atoms with Crippen LogP contribution in [0.5, 0.6) is 0 Å². The van der Waals surface area contributed by atoms with Crippen LogP contribution in [-0.2, 0) is 0 Å². The molecule has 23 heavy (non-hydrogen) atoms. The van der Waals surface area contributed by atoms with Crippen LogP contribution in [0.2, 0.25) is 0 Å². The van der Waals surface area contributed by atoms with Crippen molar-refractivity contribution >= 4 is 17.6 Å².